The van der Waals surface area contributed by atoms with Crippen LogP contribution < -0.4 is 20.2 Å². The highest BCUT2D eigenvalue weighted by Gasteiger charge is 2.12. The Morgan fingerprint density at radius 3 is 2.47 bits per heavy atom. The second-order valence-corrected chi connectivity index (χ2v) is 6.84. The second-order valence-electron chi connectivity index (χ2n) is 6.00. The van der Waals surface area contributed by atoms with Gasteiger partial charge in [0.1, 0.15) is 0 Å². The van der Waals surface area contributed by atoms with Crippen LogP contribution in [-0.4, -0.2) is 24.4 Å². The molecule has 0 aliphatic rings. The SMILES string of the molecule is COc1cc(/C=N\NC(=S)Nc2ccccc2)ccc1OC(=O)c1ccc(Cl)cc1. The van der Waals surface area contributed by atoms with Crippen LogP contribution in [0.25, 0.3) is 0 Å². The molecule has 0 fully saturated rings. The molecule has 3 aromatic rings. The van der Waals surface area contributed by atoms with Gasteiger partial charge in [0.05, 0.1) is 18.9 Å². The van der Waals surface area contributed by atoms with Crippen LogP contribution in [0, 0.1) is 0 Å². The summed E-state index contributed by atoms with van der Waals surface area (Å²) >= 11 is 11.0. The fourth-order valence-corrected chi connectivity index (χ4v) is 2.74. The molecular formula is C22H18ClN3O3S. The highest BCUT2D eigenvalue weighted by molar-refractivity contribution is 7.80. The molecule has 6 nitrogen and oxygen atoms in total. The first-order valence-electron chi connectivity index (χ1n) is 8.86. The fraction of sp³-hybridized carbons (Fsp3) is 0.0455. The molecule has 0 saturated heterocycles. The van der Waals surface area contributed by atoms with Crippen LogP contribution in [0.15, 0.2) is 77.9 Å². The van der Waals surface area contributed by atoms with E-state index < -0.39 is 5.97 Å². The van der Waals surface area contributed by atoms with Gasteiger partial charge in [0.15, 0.2) is 16.6 Å². The summed E-state index contributed by atoms with van der Waals surface area (Å²) in [6, 6.07) is 21.0. The smallest absolute Gasteiger partial charge is 0.343 e. The Hall–Kier alpha value is -3.42. The van der Waals surface area contributed by atoms with Crippen LogP contribution in [0.1, 0.15) is 15.9 Å². The summed E-state index contributed by atoms with van der Waals surface area (Å²) in [7, 11) is 1.49. The lowest BCUT2D eigenvalue weighted by Gasteiger charge is -2.10. The summed E-state index contributed by atoms with van der Waals surface area (Å²) < 4.78 is 10.8. The summed E-state index contributed by atoms with van der Waals surface area (Å²) in [5, 5.41) is 8.02. The molecule has 0 amide bonds. The molecule has 0 aliphatic heterocycles. The zero-order valence-electron chi connectivity index (χ0n) is 16.0. The van der Waals surface area contributed by atoms with Crippen LogP contribution in [0.2, 0.25) is 5.02 Å². The van der Waals surface area contributed by atoms with Crippen LogP contribution in [0.3, 0.4) is 0 Å². The highest BCUT2D eigenvalue weighted by Crippen LogP contribution is 2.28. The fourth-order valence-electron chi connectivity index (χ4n) is 2.44. The van der Waals surface area contributed by atoms with E-state index in [1.165, 1.54) is 7.11 Å². The van der Waals surface area contributed by atoms with Crippen LogP contribution in [0.5, 0.6) is 11.5 Å². The highest BCUT2D eigenvalue weighted by atomic mass is 35.5. The number of esters is 1. The lowest BCUT2D eigenvalue weighted by atomic mass is 10.2. The molecule has 2 N–H and O–H groups in total. The molecule has 0 atom stereocenters. The minimum atomic E-state index is -0.509. The summed E-state index contributed by atoms with van der Waals surface area (Å²) in [5.41, 5.74) is 4.72. The predicted octanol–water partition coefficient (Wildman–Crippen LogP) is 4.89. The van der Waals surface area contributed by atoms with Crippen LogP contribution in [-0.2, 0) is 0 Å². The standard InChI is InChI=1S/C22H18ClN3O3S/c1-28-20-13-15(14-24-26-22(30)25-18-5-3-2-4-6-18)7-12-19(20)29-21(27)16-8-10-17(23)11-9-16/h2-14H,1H3,(H2,25,26,30)/b24-14-. The van der Waals surface area contributed by atoms with Gasteiger partial charge in [-0.25, -0.2) is 4.79 Å². The van der Waals surface area contributed by atoms with Gasteiger partial charge in [0.25, 0.3) is 0 Å². The number of benzene rings is 3. The van der Waals surface area contributed by atoms with Crippen molar-refractivity contribution < 1.29 is 14.3 Å². The number of carbonyl (C=O) groups is 1. The maximum atomic E-state index is 12.3. The van der Waals surface area contributed by atoms with Gasteiger partial charge < -0.3 is 14.8 Å². The Balaban J connectivity index is 1.62. The molecular weight excluding hydrogens is 422 g/mol. The number of hydrogen-bond donors (Lipinski definition) is 2. The predicted molar refractivity (Wildman–Crippen MR) is 123 cm³/mol. The first-order chi connectivity index (χ1) is 14.5. The monoisotopic (exact) mass is 439 g/mol. The van der Waals surface area contributed by atoms with E-state index in [-0.39, 0.29) is 0 Å². The second kappa shape index (κ2) is 10.4. The number of methoxy groups -OCH3 is 1. The van der Waals surface area contributed by atoms with E-state index in [0.29, 0.717) is 27.2 Å². The number of nitrogens with one attached hydrogen (secondary N) is 2. The van der Waals surface area contributed by atoms with E-state index in [2.05, 4.69) is 15.8 Å². The van der Waals surface area contributed by atoms with Gasteiger partial charge in [-0.15, -0.1) is 0 Å². The minimum absolute atomic E-state index is 0.295. The third-order valence-electron chi connectivity index (χ3n) is 3.88. The normalized spacial score (nSPS) is 10.5. The lowest BCUT2D eigenvalue weighted by molar-refractivity contribution is 0.0729. The maximum absolute atomic E-state index is 12.3. The molecule has 0 aliphatic carbocycles. The van der Waals surface area contributed by atoms with E-state index in [1.807, 2.05) is 30.3 Å². The Kier molecular flexibility index (Phi) is 7.37. The molecule has 8 heteroatoms. The van der Waals surface area contributed by atoms with Gasteiger partial charge in [-0.2, -0.15) is 5.10 Å². The average molecular weight is 440 g/mol. The lowest BCUT2D eigenvalue weighted by Crippen LogP contribution is -2.23. The molecule has 0 bridgehead atoms. The van der Waals surface area contributed by atoms with Gasteiger partial charge in [-0.1, -0.05) is 29.8 Å². The third-order valence-corrected chi connectivity index (χ3v) is 4.33. The molecule has 0 heterocycles. The van der Waals surface area contributed by atoms with E-state index in [9.17, 15) is 4.79 Å². The van der Waals surface area contributed by atoms with Crippen molar-refractivity contribution in [1.29, 1.82) is 0 Å². The Labute approximate surface area is 184 Å². The molecule has 0 spiro atoms. The zero-order valence-corrected chi connectivity index (χ0v) is 17.5. The number of rotatable bonds is 6. The quantitative estimate of drug-likeness (QED) is 0.187. The number of anilines is 1. The van der Waals surface area contributed by atoms with E-state index in [4.69, 9.17) is 33.3 Å². The summed E-state index contributed by atoms with van der Waals surface area (Å²) in [6.45, 7) is 0. The molecule has 3 aromatic carbocycles. The van der Waals surface area contributed by atoms with Crippen molar-refractivity contribution in [3.63, 3.8) is 0 Å². The Bertz CT molecular complexity index is 1060. The van der Waals surface area contributed by atoms with Crippen molar-refractivity contribution in [2.75, 3.05) is 12.4 Å². The Morgan fingerprint density at radius 1 is 1.03 bits per heavy atom. The zero-order chi connectivity index (χ0) is 21.3. The number of para-hydroxylation sites is 1. The van der Waals surface area contributed by atoms with Crippen molar-refractivity contribution in [1.82, 2.24) is 5.43 Å². The largest absolute Gasteiger partial charge is 0.493 e. The van der Waals surface area contributed by atoms with Crippen molar-refractivity contribution >= 4 is 46.8 Å². The Morgan fingerprint density at radius 2 is 1.77 bits per heavy atom. The average Bonchev–Trinajstić information content (AvgIpc) is 2.75. The van der Waals surface area contributed by atoms with Gasteiger partial charge in [0, 0.05) is 10.7 Å². The molecule has 0 aromatic heterocycles. The first-order valence-corrected chi connectivity index (χ1v) is 9.64. The van der Waals surface area contributed by atoms with Crippen molar-refractivity contribution in [3.05, 3.63) is 88.9 Å². The number of thiocarbonyl (C=S) groups is 1. The van der Waals surface area contributed by atoms with Gasteiger partial charge in [-0.05, 0) is 72.4 Å². The topological polar surface area (TPSA) is 71.9 Å². The minimum Gasteiger partial charge on any atom is -0.493 e. The van der Waals surface area contributed by atoms with Crippen LogP contribution in [0.4, 0.5) is 5.69 Å². The van der Waals surface area contributed by atoms with Crippen LogP contribution >= 0.6 is 23.8 Å². The number of halogens is 1. The number of carbonyl (C=O) groups excluding carboxylic acids is 1. The molecule has 3 rings (SSSR count). The molecule has 152 valence electrons. The first kappa shape index (κ1) is 21.3. The van der Waals surface area contributed by atoms with Crippen molar-refractivity contribution in [2.45, 2.75) is 0 Å². The summed E-state index contributed by atoms with van der Waals surface area (Å²) in [4.78, 5) is 12.3. The maximum Gasteiger partial charge on any atom is 0.343 e. The molecule has 0 unspecified atom stereocenters. The van der Waals surface area contributed by atoms with Gasteiger partial charge >= 0.3 is 5.97 Å². The molecule has 0 radical (unpaired) electrons. The van der Waals surface area contributed by atoms with Gasteiger partial charge in [-0.3, -0.25) is 5.43 Å². The number of hydrogen-bond acceptors (Lipinski definition) is 5. The number of ether oxygens (including phenoxy) is 2. The molecule has 30 heavy (non-hydrogen) atoms. The van der Waals surface area contributed by atoms with E-state index in [1.54, 1.807) is 48.7 Å². The summed E-state index contributed by atoms with van der Waals surface area (Å²) in [5.74, 6) is 0.181. The molecule has 0 saturated carbocycles. The van der Waals surface area contributed by atoms with Crippen molar-refractivity contribution in [2.24, 2.45) is 5.10 Å². The van der Waals surface area contributed by atoms with Crippen molar-refractivity contribution in [3.8, 4) is 11.5 Å². The summed E-state index contributed by atoms with van der Waals surface area (Å²) in [6.07, 6.45) is 1.58. The van der Waals surface area contributed by atoms with E-state index >= 15 is 0 Å². The van der Waals surface area contributed by atoms with E-state index in [0.717, 1.165) is 11.3 Å². The number of hydrazone groups is 1. The number of nitrogens with zero attached hydrogens (tertiary/aromatic N) is 1. The third kappa shape index (κ3) is 6.04. The van der Waals surface area contributed by atoms with Gasteiger partial charge in [0.2, 0.25) is 0 Å².